The van der Waals surface area contributed by atoms with Gasteiger partial charge in [0, 0.05) is 58.6 Å². The SMILES string of the molecule is COC[C@H]1CCCN(S(=O)(=O)N2CCC(c3nccn3C)CC2)C1. The van der Waals surface area contributed by atoms with Gasteiger partial charge in [-0.25, -0.2) is 4.98 Å². The third kappa shape index (κ3) is 3.66. The number of imidazole rings is 1. The second kappa shape index (κ2) is 7.51. The van der Waals surface area contributed by atoms with Crippen LogP contribution >= 0.6 is 0 Å². The Morgan fingerprint density at radius 2 is 1.96 bits per heavy atom. The Kier molecular flexibility index (Phi) is 5.59. The monoisotopic (exact) mass is 356 g/mol. The molecule has 24 heavy (non-hydrogen) atoms. The molecule has 136 valence electrons. The van der Waals surface area contributed by atoms with E-state index in [1.54, 1.807) is 15.7 Å². The van der Waals surface area contributed by atoms with E-state index < -0.39 is 10.2 Å². The molecule has 0 aliphatic carbocycles. The molecule has 0 spiro atoms. The van der Waals surface area contributed by atoms with Crippen LogP contribution in [0.3, 0.4) is 0 Å². The van der Waals surface area contributed by atoms with E-state index in [0.29, 0.717) is 44.6 Å². The molecule has 0 amide bonds. The summed E-state index contributed by atoms with van der Waals surface area (Å²) in [5.74, 6) is 1.72. The van der Waals surface area contributed by atoms with Crippen LogP contribution in [0.15, 0.2) is 12.4 Å². The van der Waals surface area contributed by atoms with Crippen molar-refractivity contribution in [1.82, 2.24) is 18.2 Å². The van der Waals surface area contributed by atoms with Gasteiger partial charge in [0.05, 0.1) is 6.61 Å². The van der Waals surface area contributed by atoms with E-state index in [1.165, 1.54) is 0 Å². The lowest BCUT2D eigenvalue weighted by Gasteiger charge is -2.38. The zero-order valence-electron chi connectivity index (χ0n) is 14.6. The number of ether oxygens (including phenoxy) is 1. The topological polar surface area (TPSA) is 67.7 Å². The molecule has 7 nitrogen and oxygen atoms in total. The standard InChI is InChI=1S/C16H28N4O3S/c1-18-11-7-17-16(18)15-5-9-19(10-6-15)24(21,22)20-8-3-4-14(12-20)13-23-2/h7,11,14-15H,3-6,8-10,12-13H2,1-2H3/t14-/m0/s1. The number of methoxy groups -OCH3 is 1. The molecule has 0 radical (unpaired) electrons. The number of hydrogen-bond acceptors (Lipinski definition) is 4. The van der Waals surface area contributed by atoms with E-state index in [4.69, 9.17) is 4.74 Å². The molecular formula is C16H28N4O3S. The third-order valence-electron chi connectivity index (χ3n) is 5.21. The molecule has 2 fully saturated rings. The first-order valence-corrected chi connectivity index (χ1v) is 10.1. The number of aromatic nitrogens is 2. The minimum Gasteiger partial charge on any atom is -0.384 e. The van der Waals surface area contributed by atoms with Gasteiger partial charge < -0.3 is 9.30 Å². The lowest BCUT2D eigenvalue weighted by Crippen LogP contribution is -2.50. The average molecular weight is 356 g/mol. The van der Waals surface area contributed by atoms with Gasteiger partial charge >= 0.3 is 0 Å². The number of piperidine rings is 2. The van der Waals surface area contributed by atoms with Crippen LogP contribution in [-0.2, 0) is 22.0 Å². The summed E-state index contributed by atoms with van der Waals surface area (Å²) in [7, 11) is 0.317. The summed E-state index contributed by atoms with van der Waals surface area (Å²) in [6.45, 7) is 2.99. The highest BCUT2D eigenvalue weighted by Gasteiger charge is 2.36. The lowest BCUT2D eigenvalue weighted by molar-refractivity contribution is 0.115. The molecule has 1 aromatic rings. The highest BCUT2D eigenvalue weighted by atomic mass is 32.2. The Morgan fingerprint density at radius 3 is 2.58 bits per heavy atom. The molecule has 0 aromatic carbocycles. The molecule has 0 N–H and O–H groups in total. The normalized spacial score (nSPS) is 25.2. The van der Waals surface area contributed by atoms with Crippen molar-refractivity contribution in [3.8, 4) is 0 Å². The van der Waals surface area contributed by atoms with Gasteiger partial charge in [-0.15, -0.1) is 0 Å². The molecular weight excluding hydrogens is 328 g/mol. The van der Waals surface area contributed by atoms with Gasteiger partial charge in [0.15, 0.2) is 0 Å². The highest BCUT2D eigenvalue weighted by molar-refractivity contribution is 7.86. The van der Waals surface area contributed by atoms with Crippen molar-refractivity contribution < 1.29 is 13.2 Å². The number of rotatable bonds is 5. The predicted octanol–water partition coefficient (Wildman–Crippen LogP) is 1.20. The largest absolute Gasteiger partial charge is 0.384 e. The molecule has 3 heterocycles. The summed E-state index contributed by atoms with van der Waals surface area (Å²) in [5.41, 5.74) is 0. The van der Waals surface area contributed by atoms with Crippen molar-refractivity contribution in [2.45, 2.75) is 31.6 Å². The van der Waals surface area contributed by atoms with Crippen molar-refractivity contribution in [3.63, 3.8) is 0 Å². The van der Waals surface area contributed by atoms with Crippen LogP contribution < -0.4 is 0 Å². The van der Waals surface area contributed by atoms with E-state index in [0.717, 1.165) is 31.5 Å². The van der Waals surface area contributed by atoms with Gasteiger partial charge in [-0.1, -0.05) is 0 Å². The zero-order chi connectivity index (χ0) is 17.2. The van der Waals surface area contributed by atoms with E-state index in [-0.39, 0.29) is 0 Å². The molecule has 1 atom stereocenters. The summed E-state index contributed by atoms with van der Waals surface area (Å²) < 4.78 is 36.4. The van der Waals surface area contributed by atoms with Crippen LogP contribution in [-0.4, -0.2) is 66.5 Å². The smallest absolute Gasteiger partial charge is 0.281 e. The van der Waals surface area contributed by atoms with E-state index >= 15 is 0 Å². The van der Waals surface area contributed by atoms with Gasteiger partial charge in [-0.05, 0) is 31.6 Å². The number of aryl methyl sites for hydroxylation is 1. The van der Waals surface area contributed by atoms with Crippen LogP contribution in [0.4, 0.5) is 0 Å². The van der Waals surface area contributed by atoms with Crippen LogP contribution in [0.5, 0.6) is 0 Å². The van der Waals surface area contributed by atoms with Gasteiger partial charge in [-0.2, -0.15) is 17.0 Å². The Hall–Kier alpha value is -0.960. The van der Waals surface area contributed by atoms with Crippen LogP contribution in [0.25, 0.3) is 0 Å². The Labute approximate surface area is 144 Å². The van der Waals surface area contributed by atoms with Crippen LogP contribution in [0.1, 0.15) is 37.4 Å². The first-order chi connectivity index (χ1) is 11.5. The summed E-state index contributed by atoms with van der Waals surface area (Å²) in [6, 6.07) is 0. The first kappa shape index (κ1) is 17.8. The molecule has 2 saturated heterocycles. The predicted molar refractivity (Wildman–Crippen MR) is 91.8 cm³/mol. The lowest BCUT2D eigenvalue weighted by atomic mass is 9.97. The van der Waals surface area contributed by atoms with Gasteiger partial charge in [0.1, 0.15) is 5.82 Å². The van der Waals surface area contributed by atoms with E-state index in [2.05, 4.69) is 4.98 Å². The van der Waals surface area contributed by atoms with E-state index in [1.807, 2.05) is 24.0 Å². The zero-order valence-corrected chi connectivity index (χ0v) is 15.4. The second-order valence-corrected chi connectivity index (χ2v) is 8.83. The molecule has 0 bridgehead atoms. The quantitative estimate of drug-likeness (QED) is 0.795. The summed E-state index contributed by atoms with van der Waals surface area (Å²) >= 11 is 0. The molecule has 0 unspecified atom stereocenters. The minimum absolute atomic E-state index is 0.309. The van der Waals surface area contributed by atoms with Gasteiger partial charge in [0.25, 0.3) is 10.2 Å². The summed E-state index contributed by atoms with van der Waals surface area (Å²) in [5, 5.41) is 0. The number of hydrogen-bond donors (Lipinski definition) is 0. The van der Waals surface area contributed by atoms with Crippen molar-refractivity contribution in [3.05, 3.63) is 18.2 Å². The van der Waals surface area contributed by atoms with Crippen molar-refractivity contribution in [2.75, 3.05) is 39.9 Å². The number of nitrogens with zero attached hydrogens (tertiary/aromatic N) is 4. The average Bonchev–Trinajstić information content (AvgIpc) is 3.02. The van der Waals surface area contributed by atoms with Crippen molar-refractivity contribution >= 4 is 10.2 Å². The van der Waals surface area contributed by atoms with Crippen LogP contribution in [0.2, 0.25) is 0 Å². The van der Waals surface area contributed by atoms with Crippen LogP contribution in [0, 0.1) is 5.92 Å². The Morgan fingerprint density at radius 1 is 1.21 bits per heavy atom. The molecule has 0 saturated carbocycles. The third-order valence-corrected chi connectivity index (χ3v) is 7.22. The van der Waals surface area contributed by atoms with Gasteiger partial charge in [0.2, 0.25) is 0 Å². The fourth-order valence-corrected chi connectivity index (χ4v) is 5.64. The summed E-state index contributed by atoms with van der Waals surface area (Å²) in [6.07, 6.45) is 7.38. The molecule has 8 heteroatoms. The first-order valence-electron chi connectivity index (χ1n) is 8.73. The molecule has 2 aliphatic rings. The maximum atomic E-state index is 12.9. The summed E-state index contributed by atoms with van der Waals surface area (Å²) in [4.78, 5) is 4.42. The molecule has 3 rings (SSSR count). The maximum Gasteiger partial charge on any atom is 0.281 e. The molecule has 1 aromatic heterocycles. The second-order valence-electron chi connectivity index (χ2n) is 6.90. The fourth-order valence-electron chi connectivity index (χ4n) is 3.89. The maximum absolute atomic E-state index is 12.9. The van der Waals surface area contributed by atoms with Crippen molar-refractivity contribution in [2.24, 2.45) is 13.0 Å². The fraction of sp³-hybridized carbons (Fsp3) is 0.812. The van der Waals surface area contributed by atoms with Crippen molar-refractivity contribution in [1.29, 1.82) is 0 Å². The Bertz CT molecular complexity index is 636. The molecule has 2 aliphatic heterocycles. The Balaban J connectivity index is 1.61. The van der Waals surface area contributed by atoms with Gasteiger partial charge in [-0.3, -0.25) is 0 Å². The highest BCUT2D eigenvalue weighted by Crippen LogP contribution is 2.29. The van der Waals surface area contributed by atoms with E-state index in [9.17, 15) is 8.42 Å². The minimum atomic E-state index is -3.35.